The van der Waals surface area contributed by atoms with E-state index in [0.717, 1.165) is 0 Å². The predicted octanol–water partition coefficient (Wildman–Crippen LogP) is 4.05. The Morgan fingerprint density at radius 2 is 1.82 bits per heavy atom. The van der Waals surface area contributed by atoms with E-state index in [-0.39, 0.29) is 0 Å². The minimum absolute atomic E-state index is 0.395. The van der Waals surface area contributed by atoms with Gasteiger partial charge >= 0.3 is 4.83 Å². The third-order valence-corrected chi connectivity index (χ3v) is 2.52. The summed E-state index contributed by atoms with van der Waals surface area (Å²) in [5, 5.41) is -3.03. The van der Waals surface area contributed by atoms with Crippen LogP contribution in [0.15, 0.2) is 0 Å². The van der Waals surface area contributed by atoms with Gasteiger partial charge in [0.2, 0.25) is 0 Å². The second kappa shape index (κ2) is 3.83. The van der Waals surface area contributed by atoms with E-state index in [4.69, 9.17) is 11.6 Å². The van der Waals surface area contributed by atoms with Crippen LogP contribution in [0.5, 0.6) is 0 Å². The summed E-state index contributed by atoms with van der Waals surface area (Å²) in [6.07, 6.45) is -0.465. The summed E-state index contributed by atoms with van der Waals surface area (Å²) in [7, 11) is 0. The van der Waals surface area contributed by atoms with Crippen molar-refractivity contribution in [1.82, 2.24) is 0 Å². The van der Waals surface area contributed by atoms with Gasteiger partial charge in [0, 0.05) is 11.2 Å². The van der Waals surface area contributed by atoms with Crippen molar-refractivity contribution in [1.29, 1.82) is 0 Å². The fourth-order valence-corrected chi connectivity index (χ4v) is 1.49. The Morgan fingerprint density at radius 3 is 1.91 bits per heavy atom. The molecule has 0 aliphatic rings. The maximum Gasteiger partial charge on any atom is 0.348 e. The molecule has 11 heavy (non-hydrogen) atoms. The van der Waals surface area contributed by atoms with E-state index >= 15 is 0 Å². The minimum Gasteiger partial charge on any atom is -0.218 e. The highest BCUT2D eigenvalue weighted by Gasteiger charge is 2.51. The molecule has 0 rings (SSSR count). The highest BCUT2D eigenvalue weighted by Crippen LogP contribution is 2.44. The monoisotopic (exact) mass is 316 g/mol. The van der Waals surface area contributed by atoms with Gasteiger partial charge in [-0.25, -0.2) is 4.39 Å². The first-order valence-electron chi connectivity index (χ1n) is 2.75. The van der Waals surface area contributed by atoms with Crippen molar-refractivity contribution in [2.45, 2.75) is 28.1 Å². The summed E-state index contributed by atoms with van der Waals surface area (Å²) in [4.78, 5) is -4.09. The molecule has 0 bridgehead atoms. The first kappa shape index (κ1) is 12.0. The Kier molecular flexibility index (Phi) is 4.19. The molecule has 6 heteroatoms. The van der Waals surface area contributed by atoms with Crippen LogP contribution in [0.2, 0.25) is 0 Å². The Morgan fingerprint density at radius 1 is 1.45 bits per heavy atom. The standard InChI is InChI=1S/C5H6Br2ClF3/c1-3(6)2-4(8,9)5(7,10)11/h3H,2H2,1H3. The molecule has 2 atom stereocenters. The lowest BCUT2D eigenvalue weighted by molar-refractivity contribution is -0.00877. The van der Waals surface area contributed by atoms with Gasteiger partial charge in [0.25, 0.3) is 5.13 Å². The lowest BCUT2D eigenvalue weighted by Gasteiger charge is -2.23. The van der Waals surface area contributed by atoms with Gasteiger partial charge in [0.1, 0.15) is 0 Å². The zero-order chi connectivity index (χ0) is 9.28. The Balaban J connectivity index is 4.22. The second-order valence-corrected chi connectivity index (χ2v) is 5.35. The van der Waals surface area contributed by atoms with Gasteiger partial charge in [-0.3, -0.25) is 0 Å². The van der Waals surface area contributed by atoms with E-state index in [9.17, 15) is 13.2 Å². The summed E-state index contributed by atoms with van der Waals surface area (Å²) in [6, 6.07) is 0. The van der Waals surface area contributed by atoms with Crippen molar-refractivity contribution in [3.63, 3.8) is 0 Å². The molecule has 0 aliphatic carbocycles. The van der Waals surface area contributed by atoms with Gasteiger partial charge < -0.3 is 0 Å². The van der Waals surface area contributed by atoms with E-state index in [2.05, 4.69) is 15.9 Å². The number of hydrogen-bond acceptors (Lipinski definition) is 0. The van der Waals surface area contributed by atoms with Crippen molar-refractivity contribution in [2.24, 2.45) is 0 Å². The summed E-state index contributed by atoms with van der Waals surface area (Å²) < 4.78 is 37.3. The summed E-state index contributed by atoms with van der Waals surface area (Å²) in [6.45, 7) is 1.54. The van der Waals surface area contributed by atoms with Crippen LogP contribution in [0, 0.1) is 0 Å². The molecule has 0 fully saturated rings. The van der Waals surface area contributed by atoms with Gasteiger partial charge in [0.05, 0.1) is 0 Å². The maximum atomic E-state index is 12.8. The fraction of sp³-hybridized carbons (Fsp3) is 1.00. The van der Waals surface area contributed by atoms with Crippen molar-refractivity contribution in [3.05, 3.63) is 0 Å². The van der Waals surface area contributed by atoms with E-state index in [0.29, 0.717) is 0 Å². The molecular weight excluding hydrogens is 312 g/mol. The van der Waals surface area contributed by atoms with Gasteiger partial charge in [-0.1, -0.05) is 34.5 Å². The van der Waals surface area contributed by atoms with Gasteiger partial charge in [-0.2, -0.15) is 8.78 Å². The van der Waals surface area contributed by atoms with E-state index in [1.165, 1.54) is 6.92 Å². The quantitative estimate of drug-likeness (QED) is 0.689. The molecule has 0 aromatic heterocycles. The van der Waals surface area contributed by atoms with Crippen molar-refractivity contribution < 1.29 is 13.2 Å². The van der Waals surface area contributed by atoms with E-state index < -0.39 is 21.2 Å². The number of alkyl halides is 6. The van der Waals surface area contributed by atoms with Crippen LogP contribution < -0.4 is 0 Å². The van der Waals surface area contributed by atoms with Crippen LogP contribution in [-0.4, -0.2) is 14.8 Å². The average Bonchev–Trinajstić information content (AvgIpc) is 1.56. The lowest BCUT2D eigenvalue weighted by Crippen LogP contribution is -2.35. The normalized spacial score (nSPS) is 21.0. The molecule has 0 spiro atoms. The highest BCUT2D eigenvalue weighted by molar-refractivity contribution is 9.10. The first-order chi connectivity index (χ1) is 4.67. The SMILES string of the molecule is CC(Br)CC(F)(Cl)C(F)(F)Br. The second-order valence-electron chi connectivity index (χ2n) is 2.19. The van der Waals surface area contributed by atoms with Crippen LogP contribution >= 0.6 is 43.5 Å². The third-order valence-electron chi connectivity index (χ3n) is 0.952. The van der Waals surface area contributed by atoms with Crippen molar-refractivity contribution in [2.75, 3.05) is 0 Å². The zero-order valence-corrected chi connectivity index (χ0v) is 9.48. The molecule has 0 aromatic carbocycles. The Hall–Kier alpha value is 1.04. The molecule has 0 aliphatic heterocycles. The average molecular weight is 318 g/mol. The van der Waals surface area contributed by atoms with Gasteiger partial charge in [-0.15, -0.1) is 0 Å². The van der Waals surface area contributed by atoms with Crippen LogP contribution in [0.4, 0.5) is 13.2 Å². The van der Waals surface area contributed by atoms with Crippen LogP contribution in [0.3, 0.4) is 0 Å². The summed E-state index contributed by atoms with van der Waals surface area (Å²) in [5.41, 5.74) is 0. The Bertz CT molecular complexity index is 132. The molecule has 0 N–H and O–H groups in total. The highest BCUT2D eigenvalue weighted by atomic mass is 79.9. The Labute approximate surface area is 84.7 Å². The van der Waals surface area contributed by atoms with Gasteiger partial charge in [-0.05, 0) is 15.9 Å². The zero-order valence-electron chi connectivity index (χ0n) is 5.55. The van der Waals surface area contributed by atoms with E-state index in [1.54, 1.807) is 0 Å². The van der Waals surface area contributed by atoms with Crippen LogP contribution in [0.25, 0.3) is 0 Å². The number of hydrogen-bond donors (Lipinski definition) is 0. The number of halogens is 6. The first-order valence-corrected chi connectivity index (χ1v) is 4.84. The molecule has 0 saturated heterocycles. The van der Waals surface area contributed by atoms with Crippen molar-refractivity contribution >= 4 is 43.5 Å². The number of rotatable bonds is 3. The fourth-order valence-electron chi connectivity index (χ4n) is 0.469. The third kappa shape index (κ3) is 3.99. The molecule has 0 nitrogen and oxygen atoms in total. The lowest BCUT2D eigenvalue weighted by atomic mass is 10.2. The summed E-state index contributed by atoms with van der Waals surface area (Å²) >= 11 is 9.71. The molecule has 0 heterocycles. The van der Waals surface area contributed by atoms with Gasteiger partial charge in [0.15, 0.2) is 0 Å². The molecule has 0 saturated carbocycles. The largest absolute Gasteiger partial charge is 0.348 e. The molecule has 2 unspecified atom stereocenters. The molecular formula is C5H6Br2ClF3. The predicted molar refractivity (Wildman–Crippen MR) is 46.6 cm³/mol. The molecule has 68 valence electrons. The molecule has 0 aromatic rings. The summed E-state index contributed by atoms with van der Waals surface area (Å²) in [5.74, 6) is 0. The van der Waals surface area contributed by atoms with Crippen molar-refractivity contribution in [3.8, 4) is 0 Å². The molecule has 0 amide bonds. The maximum absolute atomic E-state index is 12.8. The smallest absolute Gasteiger partial charge is 0.218 e. The minimum atomic E-state index is -3.69. The topological polar surface area (TPSA) is 0 Å². The molecule has 0 radical (unpaired) electrons. The van der Waals surface area contributed by atoms with E-state index in [1.807, 2.05) is 15.9 Å². The van der Waals surface area contributed by atoms with Crippen LogP contribution in [-0.2, 0) is 0 Å². The van der Waals surface area contributed by atoms with Crippen LogP contribution in [0.1, 0.15) is 13.3 Å².